The topological polar surface area (TPSA) is 78.1 Å². The minimum atomic E-state index is 0.467. The van der Waals surface area contributed by atoms with Gasteiger partial charge in [0.1, 0.15) is 11.5 Å². The summed E-state index contributed by atoms with van der Waals surface area (Å²) in [5.41, 5.74) is 9.15. The highest BCUT2D eigenvalue weighted by molar-refractivity contribution is 5.66. The van der Waals surface area contributed by atoms with Crippen molar-refractivity contribution in [3.05, 3.63) is 41.3 Å². The summed E-state index contributed by atoms with van der Waals surface area (Å²) < 4.78 is 10.9. The lowest BCUT2D eigenvalue weighted by Gasteiger charge is -1.95. The number of hydrogen-bond acceptors (Lipinski definition) is 5. The highest BCUT2D eigenvalue weighted by Crippen LogP contribution is 2.31. The summed E-state index contributed by atoms with van der Waals surface area (Å²) in [7, 11) is 0. The number of furan rings is 1. The Hall–Kier alpha value is -2.56. The number of nitrogens with two attached hydrogens (primary N) is 1. The van der Waals surface area contributed by atoms with E-state index in [1.807, 2.05) is 45.0 Å². The maximum absolute atomic E-state index is 5.76. The molecule has 0 radical (unpaired) electrons. The fourth-order valence-electron chi connectivity index (χ4n) is 2.23. The van der Waals surface area contributed by atoms with E-state index < -0.39 is 0 Å². The molecule has 0 bridgehead atoms. The van der Waals surface area contributed by atoms with Gasteiger partial charge in [0.05, 0.1) is 5.56 Å². The van der Waals surface area contributed by atoms with Crippen LogP contribution in [0.15, 0.2) is 33.2 Å². The maximum Gasteiger partial charge on any atom is 0.262 e. The van der Waals surface area contributed by atoms with Crippen LogP contribution in [-0.4, -0.2) is 10.1 Å². The van der Waals surface area contributed by atoms with Gasteiger partial charge in [0.15, 0.2) is 0 Å². The third-order valence-corrected chi connectivity index (χ3v) is 3.35. The quantitative estimate of drug-likeness (QED) is 0.720. The Morgan fingerprint density at radius 2 is 1.90 bits per heavy atom. The van der Waals surface area contributed by atoms with Crippen LogP contribution in [-0.2, 0) is 0 Å². The number of nitrogen functional groups attached to an aromatic ring is 1. The Bertz CT molecular complexity index is 771. The van der Waals surface area contributed by atoms with Crippen LogP contribution in [0.4, 0.5) is 5.69 Å². The molecule has 0 atom stereocenters. The zero-order chi connectivity index (χ0) is 14.3. The molecule has 0 saturated heterocycles. The lowest BCUT2D eigenvalue weighted by atomic mass is 10.1. The van der Waals surface area contributed by atoms with Gasteiger partial charge in [-0.25, -0.2) is 0 Å². The lowest BCUT2D eigenvalue weighted by Crippen LogP contribution is -1.87. The zero-order valence-electron chi connectivity index (χ0n) is 11.6. The van der Waals surface area contributed by atoms with Gasteiger partial charge in [-0.3, -0.25) is 0 Å². The average molecular weight is 269 g/mol. The van der Waals surface area contributed by atoms with E-state index >= 15 is 0 Å². The Morgan fingerprint density at radius 3 is 2.55 bits per heavy atom. The molecule has 0 amide bonds. The van der Waals surface area contributed by atoms with Crippen molar-refractivity contribution >= 4 is 5.69 Å². The normalized spacial score (nSPS) is 10.9. The van der Waals surface area contributed by atoms with Crippen LogP contribution in [0.5, 0.6) is 0 Å². The second-order valence-electron chi connectivity index (χ2n) is 4.76. The van der Waals surface area contributed by atoms with Crippen molar-refractivity contribution in [2.75, 3.05) is 5.73 Å². The van der Waals surface area contributed by atoms with Gasteiger partial charge in [-0.2, -0.15) is 4.98 Å². The number of nitrogens with zero attached hydrogens (tertiary/aromatic N) is 2. The van der Waals surface area contributed by atoms with Gasteiger partial charge in [0.25, 0.3) is 5.89 Å². The van der Waals surface area contributed by atoms with Crippen molar-refractivity contribution in [3.63, 3.8) is 0 Å². The minimum absolute atomic E-state index is 0.467. The van der Waals surface area contributed by atoms with Crippen LogP contribution < -0.4 is 5.73 Å². The van der Waals surface area contributed by atoms with E-state index in [2.05, 4.69) is 10.1 Å². The average Bonchev–Trinajstić information content (AvgIpc) is 2.96. The molecule has 1 aromatic carbocycles. The van der Waals surface area contributed by atoms with Crippen molar-refractivity contribution in [2.45, 2.75) is 20.8 Å². The van der Waals surface area contributed by atoms with Gasteiger partial charge in [0.2, 0.25) is 5.82 Å². The van der Waals surface area contributed by atoms with Crippen LogP contribution in [0.1, 0.15) is 17.1 Å². The standard InChI is InChI=1S/C15H15N3O2/c1-8-9(2)19-10(3)13(8)15-17-14(18-20-15)11-5-4-6-12(16)7-11/h4-7H,16H2,1-3H3. The van der Waals surface area contributed by atoms with Gasteiger partial charge in [-0.15, -0.1) is 0 Å². The van der Waals surface area contributed by atoms with Gasteiger partial charge in [-0.1, -0.05) is 17.3 Å². The fraction of sp³-hybridized carbons (Fsp3) is 0.200. The van der Waals surface area contributed by atoms with Gasteiger partial charge >= 0.3 is 0 Å². The van der Waals surface area contributed by atoms with Crippen molar-refractivity contribution in [3.8, 4) is 22.8 Å². The number of rotatable bonds is 2. The molecule has 0 spiro atoms. The number of hydrogen-bond donors (Lipinski definition) is 1. The number of aryl methyl sites for hydroxylation is 2. The molecule has 0 unspecified atom stereocenters. The molecule has 3 aromatic rings. The SMILES string of the molecule is Cc1oc(C)c(-c2nc(-c3cccc(N)c3)no2)c1C. The molecule has 3 rings (SSSR count). The van der Waals surface area contributed by atoms with Gasteiger partial charge < -0.3 is 14.7 Å². The Kier molecular flexibility index (Phi) is 2.82. The van der Waals surface area contributed by atoms with E-state index in [-0.39, 0.29) is 0 Å². The molecule has 0 aliphatic heterocycles. The monoisotopic (exact) mass is 269 g/mol. The summed E-state index contributed by atoms with van der Waals surface area (Å²) in [4.78, 5) is 4.43. The van der Waals surface area contributed by atoms with Crippen LogP contribution in [0, 0.1) is 20.8 Å². The van der Waals surface area contributed by atoms with Crippen molar-refractivity contribution < 1.29 is 8.94 Å². The van der Waals surface area contributed by atoms with E-state index in [4.69, 9.17) is 14.7 Å². The molecular formula is C15H15N3O2. The molecule has 0 aliphatic rings. The number of aromatic nitrogens is 2. The molecule has 2 heterocycles. The van der Waals surface area contributed by atoms with Crippen molar-refractivity contribution in [1.82, 2.24) is 10.1 Å². The molecule has 20 heavy (non-hydrogen) atoms. The minimum Gasteiger partial charge on any atom is -0.466 e. The first-order chi connectivity index (χ1) is 9.56. The lowest BCUT2D eigenvalue weighted by molar-refractivity contribution is 0.430. The third-order valence-electron chi connectivity index (χ3n) is 3.35. The summed E-state index contributed by atoms with van der Waals surface area (Å²) in [6.07, 6.45) is 0. The Morgan fingerprint density at radius 1 is 1.10 bits per heavy atom. The molecule has 2 aromatic heterocycles. The van der Waals surface area contributed by atoms with Gasteiger partial charge in [0, 0.05) is 16.8 Å². The molecular weight excluding hydrogens is 254 g/mol. The first kappa shape index (κ1) is 12.5. The largest absolute Gasteiger partial charge is 0.466 e. The summed E-state index contributed by atoms with van der Waals surface area (Å²) in [6, 6.07) is 7.39. The third kappa shape index (κ3) is 1.97. The van der Waals surface area contributed by atoms with E-state index in [0.717, 1.165) is 28.2 Å². The molecule has 0 saturated carbocycles. The summed E-state index contributed by atoms with van der Waals surface area (Å²) in [6.45, 7) is 5.78. The van der Waals surface area contributed by atoms with Crippen molar-refractivity contribution in [1.29, 1.82) is 0 Å². The van der Waals surface area contributed by atoms with E-state index in [1.165, 1.54) is 0 Å². The van der Waals surface area contributed by atoms with E-state index in [1.54, 1.807) is 0 Å². The van der Waals surface area contributed by atoms with Crippen LogP contribution in [0.3, 0.4) is 0 Å². The Labute approximate surface area is 116 Å². The second kappa shape index (κ2) is 4.52. The van der Waals surface area contributed by atoms with E-state index in [9.17, 15) is 0 Å². The highest BCUT2D eigenvalue weighted by Gasteiger charge is 2.19. The molecule has 5 nitrogen and oxygen atoms in total. The highest BCUT2D eigenvalue weighted by atomic mass is 16.5. The van der Waals surface area contributed by atoms with Crippen LogP contribution >= 0.6 is 0 Å². The van der Waals surface area contributed by atoms with Crippen LogP contribution in [0.25, 0.3) is 22.8 Å². The summed E-state index contributed by atoms with van der Waals surface area (Å²) in [5, 5.41) is 4.01. The molecule has 2 N–H and O–H groups in total. The molecule has 0 fully saturated rings. The molecule has 102 valence electrons. The summed E-state index contributed by atoms with van der Waals surface area (Å²) in [5.74, 6) is 2.63. The zero-order valence-corrected chi connectivity index (χ0v) is 11.6. The number of anilines is 1. The smallest absolute Gasteiger partial charge is 0.262 e. The first-order valence-corrected chi connectivity index (χ1v) is 6.33. The molecule has 5 heteroatoms. The predicted molar refractivity (Wildman–Crippen MR) is 76.1 cm³/mol. The number of benzene rings is 1. The predicted octanol–water partition coefficient (Wildman–Crippen LogP) is 3.50. The van der Waals surface area contributed by atoms with E-state index in [0.29, 0.717) is 17.4 Å². The maximum atomic E-state index is 5.76. The van der Waals surface area contributed by atoms with Gasteiger partial charge in [-0.05, 0) is 32.9 Å². The molecule has 0 aliphatic carbocycles. The van der Waals surface area contributed by atoms with Crippen LogP contribution in [0.2, 0.25) is 0 Å². The fourth-order valence-corrected chi connectivity index (χ4v) is 2.23. The summed E-state index contributed by atoms with van der Waals surface area (Å²) >= 11 is 0. The first-order valence-electron chi connectivity index (χ1n) is 6.33. The van der Waals surface area contributed by atoms with Crippen molar-refractivity contribution in [2.24, 2.45) is 0 Å². The Balaban J connectivity index is 2.06. The second-order valence-corrected chi connectivity index (χ2v) is 4.76.